The van der Waals surface area contributed by atoms with Crippen molar-refractivity contribution in [2.45, 2.75) is 5.75 Å². The molecular formula is C15H18KN3O2S-2. The third-order valence-corrected chi connectivity index (χ3v) is 3.54. The third-order valence-electron chi connectivity index (χ3n) is 2.75. The van der Waals surface area contributed by atoms with Gasteiger partial charge in [-0.1, -0.05) is 36.5 Å². The molecule has 5 nitrogen and oxygen atoms in total. The van der Waals surface area contributed by atoms with Crippen LogP contribution in [0.2, 0.25) is 0 Å². The van der Waals surface area contributed by atoms with Crippen LogP contribution in [0.4, 0.5) is 5.69 Å². The minimum atomic E-state index is -0.391. The first-order valence-corrected chi connectivity index (χ1v) is 7.07. The van der Waals surface area contributed by atoms with E-state index in [0.717, 1.165) is 10.3 Å². The Labute approximate surface area is 177 Å². The Kier molecular flexibility index (Phi) is 10.3. The molecule has 22 heavy (non-hydrogen) atoms. The van der Waals surface area contributed by atoms with Crippen LogP contribution in [0.15, 0.2) is 39.9 Å². The standard InChI is InChI=1S/C14H15N3O2S.CH3.K/c1-16-8-12(13(18)17(2)14(16)19)15-10-20-9-11-6-4-3-5-7-11;;/h3-7,10,15H,9H2,1-2H3;1H3;/q-2;-1;+1. The van der Waals surface area contributed by atoms with Crippen molar-refractivity contribution in [1.29, 1.82) is 0 Å². The Morgan fingerprint density at radius 1 is 1.23 bits per heavy atom. The molecule has 0 aliphatic rings. The van der Waals surface area contributed by atoms with E-state index in [9.17, 15) is 9.59 Å². The summed E-state index contributed by atoms with van der Waals surface area (Å²) in [6.07, 6.45) is 2.70. The molecule has 114 valence electrons. The SMILES string of the molecule is Cn1[c-]c(N[CH-]SCc2ccccc2)c(=O)n(C)c1=O.[CH3-].[K+]. The predicted octanol–water partition coefficient (Wildman–Crippen LogP) is -1.20. The van der Waals surface area contributed by atoms with Gasteiger partial charge in [0.2, 0.25) is 5.69 Å². The summed E-state index contributed by atoms with van der Waals surface area (Å²) in [6, 6.07) is 10.0. The molecule has 0 atom stereocenters. The Morgan fingerprint density at radius 2 is 1.86 bits per heavy atom. The summed E-state index contributed by atoms with van der Waals surface area (Å²) >= 11 is 1.53. The predicted molar refractivity (Wildman–Crippen MR) is 87.8 cm³/mol. The Morgan fingerprint density at radius 3 is 2.50 bits per heavy atom. The first kappa shape index (κ1) is 21.7. The molecule has 2 aromatic rings. The van der Waals surface area contributed by atoms with Crippen molar-refractivity contribution >= 4 is 17.4 Å². The molecule has 1 aromatic heterocycles. The molecule has 0 spiro atoms. The van der Waals surface area contributed by atoms with Gasteiger partial charge in [-0.05, 0) is 31.1 Å². The zero-order chi connectivity index (χ0) is 14.5. The zero-order valence-corrected chi connectivity index (χ0v) is 17.2. The number of aryl methyl sites for hydroxylation is 1. The van der Waals surface area contributed by atoms with Crippen LogP contribution < -0.4 is 68.0 Å². The van der Waals surface area contributed by atoms with Gasteiger partial charge in [0, 0.05) is 0 Å². The number of aromatic nitrogens is 2. The van der Waals surface area contributed by atoms with Crippen molar-refractivity contribution in [3.05, 3.63) is 76.2 Å². The van der Waals surface area contributed by atoms with Crippen molar-refractivity contribution in [3.63, 3.8) is 0 Å². The molecular weight excluding hydrogens is 325 g/mol. The van der Waals surface area contributed by atoms with Crippen LogP contribution in [0.1, 0.15) is 5.56 Å². The van der Waals surface area contributed by atoms with Crippen molar-refractivity contribution in [2.24, 2.45) is 14.1 Å². The molecule has 0 saturated heterocycles. The van der Waals surface area contributed by atoms with Gasteiger partial charge in [-0.15, -0.1) is 0 Å². The van der Waals surface area contributed by atoms with Gasteiger partial charge in [-0.3, -0.25) is 0 Å². The number of nitrogens with zero attached hydrogens (tertiary/aromatic N) is 2. The van der Waals surface area contributed by atoms with E-state index in [-0.39, 0.29) is 70.1 Å². The van der Waals surface area contributed by atoms with Crippen LogP contribution in [-0.2, 0) is 19.8 Å². The largest absolute Gasteiger partial charge is 1.00 e. The van der Waals surface area contributed by atoms with Crippen molar-refractivity contribution < 1.29 is 51.4 Å². The Balaban J connectivity index is 0.00000220. The Bertz CT molecular complexity index is 698. The first-order valence-electron chi connectivity index (χ1n) is 6.02. The minimum Gasteiger partial charge on any atom is -0.540 e. The van der Waals surface area contributed by atoms with Gasteiger partial charge >= 0.3 is 51.4 Å². The van der Waals surface area contributed by atoms with Crippen LogP contribution in [0.5, 0.6) is 0 Å². The van der Waals surface area contributed by atoms with Gasteiger partial charge in [-0.2, -0.15) is 5.88 Å². The van der Waals surface area contributed by atoms with Crippen molar-refractivity contribution in [1.82, 2.24) is 9.13 Å². The summed E-state index contributed by atoms with van der Waals surface area (Å²) in [5.74, 6) is 2.53. The van der Waals surface area contributed by atoms with Gasteiger partial charge in [0.25, 0.3) is 0 Å². The molecule has 1 N–H and O–H groups in total. The van der Waals surface area contributed by atoms with Gasteiger partial charge < -0.3 is 43.2 Å². The van der Waals surface area contributed by atoms with Gasteiger partial charge in [0.05, 0.1) is 0 Å². The van der Waals surface area contributed by atoms with Crippen LogP contribution >= 0.6 is 11.8 Å². The second kappa shape index (κ2) is 10.5. The third kappa shape index (κ3) is 5.71. The van der Waals surface area contributed by atoms with E-state index in [1.807, 2.05) is 30.3 Å². The van der Waals surface area contributed by atoms with Gasteiger partial charge in [0.15, 0.2) is 5.56 Å². The fraction of sp³-hybridized carbons (Fsp3) is 0.200. The van der Waals surface area contributed by atoms with E-state index in [1.165, 1.54) is 28.9 Å². The van der Waals surface area contributed by atoms with Gasteiger partial charge in [-0.25, -0.2) is 0 Å². The molecule has 0 fully saturated rings. The number of rotatable bonds is 5. The number of hydrogen-bond donors (Lipinski definition) is 1. The number of benzene rings is 1. The molecule has 0 saturated carbocycles. The Hall–Kier alpha value is -0.314. The number of anilines is 1. The molecule has 0 aliphatic heterocycles. The molecule has 2 rings (SSSR count). The zero-order valence-electron chi connectivity index (χ0n) is 13.3. The molecule has 7 heteroatoms. The van der Waals surface area contributed by atoms with Crippen molar-refractivity contribution in [2.75, 3.05) is 5.32 Å². The number of thioether (sulfide) groups is 1. The molecule has 1 aromatic carbocycles. The molecule has 0 aliphatic carbocycles. The monoisotopic (exact) mass is 343 g/mol. The van der Waals surface area contributed by atoms with Crippen LogP contribution in [0.25, 0.3) is 0 Å². The van der Waals surface area contributed by atoms with E-state index >= 15 is 0 Å². The first-order chi connectivity index (χ1) is 9.59. The summed E-state index contributed by atoms with van der Waals surface area (Å²) in [5.41, 5.74) is 0.685. The fourth-order valence-corrected chi connectivity index (χ4v) is 2.32. The maximum atomic E-state index is 11.8. The van der Waals surface area contributed by atoms with Crippen LogP contribution in [0.3, 0.4) is 0 Å². The van der Waals surface area contributed by atoms with Crippen molar-refractivity contribution in [3.8, 4) is 0 Å². The smallest absolute Gasteiger partial charge is 0.540 e. The molecule has 0 radical (unpaired) electrons. The molecule has 0 bridgehead atoms. The van der Waals surface area contributed by atoms with E-state index in [4.69, 9.17) is 0 Å². The maximum absolute atomic E-state index is 11.8. The second-order valence-electron chi connectivity index (χ2n) is 4.25. The average Bonchev–Trinajstić information content (AvgIpc) is 2.47. The van der Waals surface area contributed by atoms with E-state index in [0.29, 0.717) is 0 Å². The summed E-state index contributed by atoms with van der Waals surface area (Å²) in [7, 11) is 3.00. The molecule has 1 heterocycles. The maximum Gasteiger partial charge on any atom is 1.00 e. The quantitative estimate of drug-likeness (QED) is 0.421. The van der Waals surface area contributed by atoms with E-state index < -0.39 is 5.69 Å². The fourth-order valence-electron chi connectivity index (χ4n) is 1.65. The summed E-state index contributed by atoms with van der Waals surface area (Å²) in [5, 5.41) is 2.88. The van der Waals surface area contributed by atoms with Crippen LogP contribution in [-0.4, -0.2) is 9.13 Å². The second-order valence-corrected chi connectivity index (χ2v) is 5.11. The van der Waals surface area contributed by atoms with Crippen LogP contribution in [0, 0.1) is 19.5 Å². The molecule has 0 unspecified atom stereocenters. The number of nitrogens with one attached hydrogen (secondary N) is 1. The summed E-state index contributed by atoms with van der Waals surface area (Å²) in [6.45, 7) is 0. The van der Waals surface area contributed by atoms with E-state index in [2.05, 4.69) is 11.5 Å². The van der Waals surface area contributed by atoms with E-state index in [1.54, 1.807) is 12.9 Å². The van der Waals surface area contributed by atoms with Gasteiger partial charge in [0.1, 0.15) is 0 Å². The summed E-state index contributed by atoms with van der Waals surface area (Å²) in [4.78, 5) is 23.3. The number of hydrogen-bond acceptors (Lipinski definition) is 4. The molecule has 0 amide bonds. The normalized spacial score (nSPS) is 9.55. The minimum absolute atomic E-state index is 0. The topological polar surface area (TPSA) is 56.0 Å². The summed E-state index contributed by atoms with van der Waals surface area (Å²) < 4.78 is 2.30. The average molecular weight is 343 g/mol.